The average Bonchev–Trinajstić information content (AvgIpc) is 2.23. The predicted octanol–water partition coefficient (Wildman–Crippen LogP) is 1.55. The van der Waals surface area contributed by atoms with Gasteiger partial charge in [-0.05, 0) is 5.53 Å². The molecule has 0 aliphatic rings. The first kappa shape index (κ1) is 11.8. The molecule has 84 valence electrons. The fourth-order valence-corrected chi connectivity index (χ4v) is 0.945. The van der Waals surface area contributed by atoms with Gasteiger partial charge < -0.3 is 9.90 Å². The molecule has 0 amide bonds. The van der Waals surface area contributed by atoms with E-state index in [0.29, 0.717) is 0 Å². The maximum Gasteiger partial charge on any atom is 0.198 e. The highest BCUT2D eigenvalue weighted by Gasteiger charge is 2.25. The third-order valence-corrected chi connectivity index (χ3v) is 1.59. The summed E-state index contributed by atoms with van der Waals surface area (Å²) in [6, 6.07) is 0. The van der Waals surface area contributed by atoms with E-state index in [1.165, 1.54) is 0 Å². The lowest BCUT2D eigenvalue weighted by molar-refractivity contribution is -0.255. The van der Waals surface area contributed by atoms with E-state index in [1.807, 2.05) is 4.91 Å². The maximum atomic E-state index is 12.9. The van der Waals surface area contributed by atoms with Crippen LogP contribution in [0.2, 0.25) is 0 Å². The fourth-order valence-electron chi connectivity index (χ4n) is 0.945. The lowest BCUT2D eigenvalue weighted by atomic mass is 10.1. The van der Waals surface area contributed by atoms with Gasteiger partial charge >= 0.3 is 0 Å². The fraction of sp³-hybridized carbons (Fsp3) is 0. The molecule has 9 heteroatoms. The number of hydrogen-bond acceptors (Lipinski definition) is 3. The number of aromatic carboxylic acids is 1. The Morgan fingerprint density at radius 1 is 1.12 bits per heavy atom. The maximum absolute atomic E-state index is 12.9. The molecule has 0 fully saturated rings. The zero-order valence-electron chi connectivity index (χ0n) is 7.17. The highest BCUT2D eigenvalue weighted by molar-refractivity contribution is 5.92. The number of rotatable bonds is 2. The van der Waals surface area contributed by atoms with Crippen LogP contribution in [0, 0.1) is 23.3 Å². The molecule has 0 spiro atoms. The Morgan fingerprint density at radius 2 is 1.62 bits per heavy atom. The van der Waals surface area contributed by atoms with Crippen molar-refractivity contribution in [1.29, 1.82) is 0 Å². The summed E-state index contributed by atoms with van der Waals surface area (Å²) in [4.78, 5) is 12.3. The number of halogens is 4. The van der Waals surface area contributed by atoms with Crippen LogP contribution in [0.3, 0.4) is 0 Å². The lowest BCUT2D eigenvalue weighted by Crippen LogP contribution is -2.25. The van der Waals surface area contributed by atoms with Gasteiger partial charge in [0.15, 0.2) is 23.3 Å². The minimum atomic E-state index is -2.34. The van der Waals surface area contributed by atoms with Crippen molar-refractivity contribution in [3.05, 3.63) is 39.3 Å². The molecule has 0 bridgehead atoms. The summed E-state index contributed by atoms with van der Waals surface area (Å²) in [6.07, 6.45) is 0. The second kappa shape index (κ2) is 4.07. The van der Waals surface area contributed by atoms with E-state index in [1.54, 1.807) is 0 Å². The first-order valence-electron chi connectivity index (χ1n) is 3.54. The van der Waals surface area contributed by atoms with Crippen LogP contribution in [-0.4, -0.2) is 5.97 Å². The Kier molecular flexibility index (Phi) is 3.00. The van der Waals surface area contributed by atoms with Crippen molar-refractivity contribution >= 4 is 11.7 Å². The predicted molar refractivity (Wildman–Crippen MR) is 39.4 cm³/mol. The third-order valence-electron chi connectivity index (χ3n) is 1.59. The van der Waals surface area contributed by atoms with Crippen LogP contribution < -0.4 is 5.11 Å². The Bertz CT molecular complexity index is 492. The van der Waals surface area contributed by atoms with E-state index in [0.717, 1.165) is 0 Å². The number of hydrogen-bond donors (Lipinski definition) is 0. The van der Waals surface area contributed by atoms with E-state index in [9.17, 15) is 27.5 Å². The van der Waals surface area contributed by atoms with Crippen LogP contribution in [0.4, 0.5) is 23.2 Å². The standard InChI is InChI=1S/C7HF4N3O2/c8-2-1(7(15)16)6(13-14-12)5(11)4(10)3(2)9/h(H,15,16)/p-1. The molecule has 0 aliphatic heterocycles. The number of nitrogens with zero attached hydrogens (tertiary/aromatic N) is 3. The highest BCUT2D eigenvalue weighted by atomic mass is 19.2. The molecule has 1 aromatic rings. The topological polar surface area (TPSA) is 88.9 Å². The van der Waals surface area contributed by atoms with Crippen LogP contribution in [0.1, 0.15) is 10.4 Å². The molecule has 0 radical (unpaired) electrons. The molecule has 0 unspecified atom stereocenters. The summed E-state index contributed by atoms with van der Waals surface area (Å²) in [5.41, 5.74) is 4.77. The summed E-state index contributed by atoms with van der Waals surface area (Å²) in [5.74, 6) is -11.2. The van der Waals surface area contributed by atoms with Crippen LogP contribution in [0.5, 0.6) is 0 Å². The monoisotopic (exact) mass is 234 g/mol. The number of azide groups is 1. The largest absolute Gasteiger partial charge is 0.545 e. The summed E-state index contributed by atoms with van der Waals surface area (Å²) >= 11 is 0. The van der Waals surface area contributed by atoms with Gasteiger partial charge in [-0.25, -0.2) is 17.6 Å². The number of carboxylic acid groups (broad SMARTS) is 1. The molecule has 1 rings (SSSR count). The van der Waals surface area contributed by atoms with Crippen LogP contribution in [0.25, 0.3) is 10.4 Å². The molecule has 0 aliphatic carbocycles. The minimum Gasteiger partial charge on any atom is -0.545 e. The molecular formula is C7F4N3O2-. The average molecular weight is 234 g/mol. The van der Waals surface area contributed by atoms with Crippen molar-refractivity contribution in [3.8, 4) is 0 Å². The normalized spacial score (nSPS) is 9.75. The van der Waals surface area contributed by atoms with Crippen LogP contribution >= 0.6 is 0 Å². The van der Waals surface area contributed by atoms with Gasteiger partial charge in [0.1, 0.15) is 0 Å². The number of carbonyl (C=O) groups excluding carboxylic acids is 1. The van der Waals surface area contributed by atoms with Crippen LogP contribution in [-0.2, 0) is 0 Å². The number of carboxylic acids is 1. The third kappa shape index (κ3) is 1.63. The molecule has 0 aromatic heterocycles. The van der Waals surface area contributed by atoms with Crippen molar-refractivity contribution in [3.63, 3.8) is 0 Å². The lowest BCUT2D eigenvalue weighted by Gasteiger charge is -2.10. The Labute approximate surface area is 84.5 Å². The van der Waals surface area contributed by atoms with Crippen LogP contribution in [0.15, 0.2) is 5.11 Å². The van der Waals surface area contributed by atoms with Crippen molar-refractivity contribution in [2.75, 3.05) is 0 Å². The molecule has 0 saturated carbocycles. The van der Waals surface area contributed by atoms with Gasteiger partial charge in [-0.3, -0.25) is 0 Å². The Balaban J connectivity index is 3.82. The summed E-state index contributed by atoms with van der Waals surface area (Å²) in [5, 5.41) is 12.8. The summed E-state index contributed by atoms with van der Waals surface area (Å²) in [7, 11) is 0. The second-order valence-electron chi connectivity index (χ2n) is 2.46. The van der Waals surface area contributed by atoms with Gasteiger partial charge in [-0.1, -0.05) is 5.11 Å². The first-order valence-corrected chi connectivity index (χ1v) is 3.54. The quantitative estimate of drug-likeness (QED) is 0.194. The van der Waals surface area contributed by atoms with Gasteiger partial charge in [0.2, 0.25) is 0 Å². The van der Waals surface area contributed by atoms with Crippen molar-refractivity contribution in [1.82, 2.24) is 0 Å². The SMILES string of the molecule is [N-]=[N+]=Nc1c(F)c(F)c(F)c(F)c1C(=O)[O-]. The van der Waals surface area contributed by atoms with Crippen molar-refractivity contribution in [2.45, 2.75) is 0 Å². The summed E-state index contributed by atoms with van der Waals surface area (Å²) in [6.45, 7) is 0. The molecule has 5 nitrogen and oxygen atoms in total. The Hall–Kier alpha value is -2.28. The van der Waals surface area contributed by atoms with E-state index < -0.39 is 40.5 Å². The van der Waals surface area contributed by atoms with E-state index in [2.05, 4.69) is 5.11 Å². The van der Waals surface area contributed by atoms with Gasteiger partial charge in [-0.15, -0.1) is 0 Å². The van der Waals surface area contributed by atoms with E-state index >= 15 is 0 Å². The zero-order chi connectivity index (χ0) is 12.5. The van der Waals surface area contributed by atoms with Gasteiger partial charge in [0.05, 0.1) is 11.7 Å². The Morgan fingerprint density at radius 3 is 2.06 bits per heavy atom. The highest BCUT2D eigenvalue weighted by Crippen LogP contribution is 2.30. The van der Waals surface area contributed by atoms with E-state index in [4.69, 9.17) is 5.53 Å². The number of carbonyl (C=O) groups is 1. The summed E-state index contributed by atoms with van der Waals surface area (Å²) < 4.78 is 51.1. The minimum absolute atomic E-state index is 1.50. The molecule has 1 aromatic carbocycles. The van der Waals surface area contributed by atoms with Gasteiger partial charge in [0.25, 0.3) is 0 Å². The van der Waals surface area contributed by atoms with Crippen molar-refractivity contribution < 1.29 is 27.5 Å². The van der Waals surface area contributed by atoms with Crippen molar-refractivity contribution in [2.24, 2.45) is 5.11 Å². The van der Waals surface area contributed by atoms with Gasteiger partial charge in [0, 0.05) is 10.5 Å². The molecular weight excluding hydrogens is 234 g/mol. The molecule has 16 heavy (non-hydrogen) atoms. The molecule has 0 atom stereocenters. The molecule has 0 heterocycles. The number of benzene rings is 1. The van der Waals surface area contributed by atoms with E-state index in [-0.39, 0.29) is 0 Å². The smallest absolute Gasteiger partial charge is 0.198 e. The zero-order valence-corrected chi connectivity index (χ0v) is 7.17. The molecule has 0 N–H and O–H groups in total. The second-order valence-corrected chi connectivity index (χ2v) is 2.46. The molecule has 0 saturated heterocycles. The first-order chi connectivity index (χ1) is 7.41. The van der Waals surface area contributed by atoms with Gasteiger partial charge in [-0.2, -0.15) is 0 Å².